The molecule has 2 aromatic rings. The fourth-order valence-corrected chi connectivity index (χ4v) is 3.27. The number of hydrogen-bond donors (Lipinski definition) is 1. The second-order valence-electron chi connectivity index (χ2n) is 6.72. The third-order valence-corrected chi connectivity index (χ3v) is 4.88. The highest BCUT2D eigenvalue weighted by atomic mass is 16.2. The monoisotopic (exact) mass is 324 g/mol. The van der Waals surface area contributed by atoms with E-state index in [9.17, 15) is 4.79 Å². The van der Waals surface area contributed by atoms with Crippen LogP contribution in [0.15, 0.2) is 42.7 Å². The predicted octanol–water partition coefficient (Wildman–Crippen LogP) is 3.76. The number of anilines is 1. The van der Waals surface area contributed by atoms with Crippen LogP contribution >= 0.6 is 0 Å². The predicted molar refractivity (Wildman–Crippen MR) is 95.0 cm³/mol. The van der Waals surface area contributed by atoms with Crippen molar-refractivity contribution in [2.45, 2.75) is 38.5 Å². The van der Waals surface area contributed by atoms with Gasteiger partial charge in [-0.3, -0.25) is 0 Å². The van der Waals surface area contributed by atoms with Crippen LogP contribution in [-0.2, 0) is 5.41 Å². The maximum Gasteiger partial charge on any atom is 0.321 e. The number of nitrogens with zero attached hydrogens (tertiary/aromatic N) is 3. The third kappa shape index (κ3) is 3.72. The highest BCUT2D eigenvalue weighted by Gasteiger charge is 2.30. The Morgan fingerprint density at radius 1 is 1.12 bits per heavy atom. The minimum Gasteiger partial charge on any atom is -0.325 e. The molecule has 1 fully saturated rings. The van der Waals surface area contributed by atoms with E-state index >= 15 is 0 Å². The first-order valence-corrected chi connectivity index (χ1v) is 8.47. The highest BCUT2D eigenvalue weighted by molar-refractivity contribution is 5.88. The van der Waals surface area contributed by atoms with Crippen molar-refractivity contribution in [3.05, 3.63) is 54.1 Å². The third-order valence-electron chi connectivity index (χ3n) is 4.88. The Morgan fingerprint density at radius 3 is 2.54 bits per heavy atom. The Hall–Kier alpha value is -2.43. The Labute approximate surface area is 143 Å². The van der Waals surface area contributed by atoms with Crippen LogP contribution < -0.4 is 5.32 Å². The molecule has 1 N–H and O–H groups in total. The van der Waals surface area contributed by atoms with E-state index in [0.29, 0.717) is 11.5 Å². The van der Waals surface area contributed by atoms with Crippen LogP contribution in [0, 0.1) is 6.92 Å². The summed E-state index contributed by atoms with van der Waals surface area (Å²) in [4.78, 5) is 22.6. The largest absolute Gasteiger partial charge is 0.325 e. The van der Waals surface area contributed by atoms with Gasteiger partial charge >= 0.3 is 6.03 Å². The minimum absolute atomic E-state index is 0.0697. The quantitative estimate of drug-likeness (QED) is 0.915. The second kappa shape index (κ2) is 6.99. The molecule has 1 atom stereocenters. The van der Waals surface area contributed by atoms with E-state index in [-0.39, 0.29) is 11.4 Å². The van der Waals surface area contributed by atoms with Gasteiger partial charge in [-0.2, -0.15) is 0 Å². The Balaban J connectivity index is 1.64. The topological polar surface area (TPSA) is 58.1 Å². The van der Waals surface area contributed by atoms with Gasteiger partial charge < -0.3 is 10.2 Å². The molecule has 0 aliphatic carbocycles. The maximum absolute atomic E-state index is 12.5. The lowest BCUT2D eigenvalue weighted by atomic mass is 9.76. The van der Waals surface area contributed by atoms with Crippen LogP contribution in [0.5, 0.6) is 0 Å². The van der Waals surface area contributed by atoms with Gasteiger partial charge in [-0.1, -0.05) is 37.3 Å². The van der Waals surface area contributed by atoms with Gasteiger partial charge in [0, 0.05) is 13.1 Å². The molecule has 1 saturated heterocycles. The van der Waals surface area contributed by atoms with Crippen molar-refractivity contribution in [2.75, 3.05) is 18.4 Å². The lowest BCUT2D eigenvalue weighted by Crippen LogP contribution is -2.36. The number of benzene rings is 1. The zero-order chi connectivity index (χ0) is 17.0. The zero-order valence-electron chi connectivity index (χ0n) is 14.3. The summed E-state index contributed by atoms with van der Waals surface area (Å²) >= 11 is 0. The lowest BCUT2D eigenvalue weighted by molar-refractivity contribution is 0.212. The molecule has 24 heavy (non-hydrogen) atoms. The molecular formula is C19H24N4O. The van der Waals surface area contributed by atoms with Crippen LogP contribution in [-0.4, -0.2) is 34.0 Å². The van der Waals surface area contributed by atoms with Gasteiger partial charge in [-0.25, -0.2) is 14.8 Å². The average molecular weight is 324 g/mol. The molecule has 1 aliphatic rings. The first-order chi connectivity index (χ1) is 11.6. The molecule has 5 nitrogen and oxygen atoms in total. The molecule has 3 rings (SSSR count). The van der Waals surface area contributed by atoms with E-state index in [4.69, 9.17) is 0 Å². The zero-order valence-corrected chi connectivity index (χ0v) is 14.3. The average Bonchev–Trinajstić information content (AvgIpc) is 2.81. The van der Waals surface area contributed by atoms with Gasteiger partial charge in [0.05, 0.1) is 18.1 Å². The van der Waals surface area contributed by atoms with E-state index in [1.807, 2.05) is 17.9 Å². The Morgan fingerprint density at radius 2 is 1.83 bits per heavy atom. The molecule has 0 radical (unpaired) electrons. The number of rotatable bonds is 2. The van der Waals surface area contributed by atoms with Crippen molar-refractivity contribution >= 4 is 11.7 Å². The number of aromatic nitrogens is 2. The first kappa shape index (κ1) is 16.4. The number of likely N-dealkylation sites (tertiary alicyclic amines) is 1. The van der Waals surface area contributed by atoms with E-state index < -0.39 is 0 Å². The summed E-state index contributed by atoms with van der Waals surface area (Å²) in [6.45, 7) is 5.66. The summed E-state index contributed by atoms with van der Waals surface area (Å²) in [6.07, 6.45) is 6.35. The van der Waals surface area contributed by atoms with Gasteiger partial charge in [0.25, 0.3) is 0 Å². The van der Waals surface area contributed by atoms with E-state index in [0.717, 1.165) is 32.4 Å². The van der Waals surface area contributed by atoms with Gasteiger partial charge in [0.15, 0.2) is 0 Å². The lowest BCUT2D eigenvalue weighted by Gasteiger charge is -2.29. The summed E-state index contributed by atoms with van der Waals surface area (Å²) in [5.41, 5.74) is 2.13. The van der Waals surface area contributed by atoms with Crippen molar-refractivity contribution in [1.29, 1.82) is 0 Å². The highest BCUT2D eigenvalue weighted by Crippen LogP contribution is 2.34. The van der Waals surface area contributed by atoms with Gasteiger partial charge in [-0.15, -0.1) is 0 Å². The first-order valence-electron chi connectivity index (χ1n) is 8.47. The number of amides is 2. The Kier molecular flexibility index (Phi) is 4.79. The molecule has 126 valence electrons. The number of nitrogens with one attached hydrogen (secondary N) is 1. The van der Waals surface area contributed by atoms with Gasteiger partial charge in [-0.05, 0) is 37.2 Å². The SMILES string of the molecule is Cc1ncc(NC(=O)N2CCC[C@](C)(c3ccccc3)CC2)cn1. The summed E-state index contributed by atoms with van der Waals surface area (Å²) in [5.74, 6) is 0.696. The standard InChI is InChI=1S/C19H24N4O/c1-15-20-13-17(14-21-15)22-18(24)23-11-6-9-19(2,10-12-23)16-7-4-3-5-8-16/h3-5,7-8,13-14H,6,9-12H2,1-2H3,(H,22,24)/t19-/m0/s1. The Bertz CT molecular complexity index is 686. The van der Waals surface area contributed by atoms with E-state index in [1.165, 1.54) is 5.56 Å². The van der Waals surface area contributed by atoms with Crippen molar-refractivity contribution < 1.29 is 4.79 Å². The van der Waals surface area contributed by atoms with Crippen molar-refractivity contribution in [3.63, 3.8) is 0 Å². The normalized spacial score (nSPS) is 21.2. The van der Waals surface area contributed by atoms with E-state index in [2.05, 4.69) is 46.5 Å². The number of carbonyl (C=O) groups is 1. The summed E-state index contributed by atoms with van der Waals surface area (Å²) in [5, 5.41) is 2.90. The molecular weight excluding hydrogens is 300 g/mol. The number of carbonyl (C=O) groups excluding carboxylic acids is 1. The van der Waals surface area contributed by atoms with Crippen LogP contribution in [0.2, 0.25) is 0 Å². The number of aryl methyl sites for hydroxylation is 1. The summed E-state index contributed by atoms with van der Waals surface area (Å²) in [7, 11) is 0. The number of urea groups is 1. The fraction of sp³-hybridized carbons (Fsp3) is 0.421. The molecule has 2 heterocycles. The van der Waals surface area contributed by atoms with Crippen LogP contribution in [0.1, 0.15) is 37.6 Å². The molecule has 1 aromatic heterocycles. The van der Waals surface area contributed by atoms with Crippen molar-refractivity contribution in [1.82, 2.24) is 14.9 Å². The smallest absolute Gasteiger partial charge is 0.321 e. The molecule has 0 spiro atoms. The molecule has 5 heteroatoms. The molecule has 0 saturated carbocycles. The van der Waals surface area contributed by atoms with Crippen LogP contribution in [0.25, 0.3) is 0 Å². The summed E-state index contributed by atoms with van der Waals surface area (Å²) in [6, 6.07) is 10.5. The maximum atomic E-state index is 12.5. The van der Waals surface area contributed by atoms with E-state index in [1.54, 1.807) is 12.4 Å². The van der Waals surface area contributed by atoms with Crippen LogP contribution in [0.3, 0.4) is 0 Å². The van der Waals surface area contributed by atoms with Crippen LogP contribution in [0.4, 0.5) is 10.5 Å². The summed E-state index contributed by atoms with van der Waals surface area (Å²) < 4.78 is 0. The molecule has 1 aliphatic heterocycles. The van der Waals surface area contributed by atoms with Crippen molar-refractivity contribution in [3.8, 4) is 0 Å². The molecule has 2 amide bonds. The van der Waals surface area contributed by atoms with Crippen molar-refractivity contribution in [2.24, 2.45) is 0 Å². The molecule has 0 bridgehead atoms. The second-order valence-corrected chi connectivity index (χ2v) is 6.72. The van der Waals surface area contributed by atoms with Gasteiger partial charge in [0.1, 0.15) is 5.82 Å². The number of hydrogen-bond acceptors (Lipinski definition) is 3. The fourth-order valence-electron chi connectivity index (χ4n) is 3.27. The molecule has 0 unspecified atom stereocenters. The van der Waals surface area contributed by atoms with Gasteiger partial charge in [0.2, 0.25) is 0 Å². The minimum atomic E-state index is -0.0697. The molecule has 1 aromatic carbocycles.